The number of phenols is 1. The number of nitrogens with zero attached hydrogens (tertiary/aromatic N) is 4. The summed E-state index contributed by atoms with van der Waals surface area (Å²) in [6, 6.07) is 12.3. The van der Waals surface area contributed by atoms with E-state index < -0.39 is 0 Å². The Morgan fingerprint density at radius 1 is 1.07 bits per heavy atom. The van der Waals surface area contributed by atoms with E-state index in [1.165, 1.54) is 0 Å². The first-order chi connectivity index (χ1) is 13.6. The van der Waals surface area contributed by atoms with Crippen molar-refractivity contribution in [2.45, 2.75) is 6.92 Å². The molecule has 0 atom stereocenters. The number of phenolic OH excluding ortho intramolecular Hbond substituents is 1. The SMILES string of the molecule is Cc1c(-c2ccc(O)cc2)nc(N)c(C#N)c1-c1cnc(-c2ccco2)nc1. The topological polar surface area (TPSA) is 122 Å². The molecule has 0 saturated heterocycles. The molecule has 3 N–H and O–H groups in total. The standard InChI is InChI=1S/C21H15N5O2/c1-12-18(14-10-24-21(25-11-14)17-3-2-8-28-17)16(9-22)20(23)26-19(12)13-4-6-15(27)7-5-13/h2-8,10-11,27H,1H3,(H2,23,26). The van der Waals surface area contributed by atoms with Crippen molar-refractivity contribution in [3.63, 3.8) is 0 Å². The van der Waals surface area contributed by atoms with Crippen LogP contribution in [0.1, 0.15) is 11.1 Å². The first kappa shape index (κ1) is 17.2. The average Bonchev–Trinajstić information content (AvgIpc) is 3.25. The minimum absolute atomic E-state index is 0.126. The molecule has 3 aromatic heterocycles. The fourth-order valence-electron chi connectivity index (χ4n) is 3.06. The molecular formula is C21H15N5O2. The summed E-state index contributed by atoms with van der Waals surface area (Å²) >= 11 is 0. The number of nitrogens with two attached hydrogens (primary N) is 1. The van der Waals surface area contributed by atoms with E-state index in [1.807, 2.05) is 6.92 Å². The fourth-order valence-corrected chi connectivity index (χ4v) is 3.06. The van der Waals surface area contributed by atoms with Gasteiger partial charge in [0.1, 0.15) is 23.2 Å². The minimum Gasteiger partial charge on any atom is -0.508 e. The molecule has 0 radical (unpaired) electrons. The lowest BCUT2D eigenvalue weighted by atomic mass is 9.94. The Labute approximate surface area is 160 Å². The van der Waals surface area contributed by atoms with Crippen molar-refractivity contribution in [2.75, 3.05) is 5.73 Å². The molecule has 28 heavy (non-hydrogen) atoms. The predicted octanol–water partition coefficient (Wildman–Crippen LogP) is 3.93. The maximum atomic E-state index is 9.63. The highest BCUT2D eigenvalue weighted by atomic mass is 16.3. The van der Waals surface area contributed by atoms with Crippen LogP contribution in [0.15, 0.2) is 59.5 Å². The molecule has 0 saturated carbocycles. The Balaban J connectivity index is 1.88. The molecule has 1 aromatic carbocycles. The number of aromatic nitrogens is 3. The highest BCUT2D eigenvalue weighted by molar-refractivity contribution is 5.83. The van der Waals surface area contributed by atoms with Gasteiger partial charge in [0, 0.05) is 29.1 Å². The average molecular weight is 369 g/mol. The van der Waals surface area contributed by atoms with Crippen LogP contribution in [0.3, 0.4) is 0 Å². The van der Waals surface area contributed by atoms with Crippen LogP contribution in [0.25, 0.3) is 34.0 Å². The number of nitriles is 1. The zero-order chi connectivity index (χ0) is 19.7. The molecule has 0 aliphatic rings. The van der Waals surface area contributed by atoms with Gasteiger partial charge in [-0.05, 0) is 48.9 Å². The summed E-state index contributed by atoms with van der Waals surface area (Å²) in [5.41, 5.74) is 9.80. The van der Waals surface area contributed by atoms with Crippen LogP contribution in [0.4, 0.5) is 5.82 Å². The Kier molecular flexibility index (Phi) is 4.22. The van der Waals surface area contributed by atoms with Gasteiger partial charge in [-0.25, -0.2) is 15.0 Å². The third kappa shape index (κ3) is 2.93. The van der Waals surface area contributed by atoms with E-state index in [1.54, 1.807) is 55.1 Å². The van der Waals surface area contributed by atoms with Gasteiger partial charge < -0.3 is 15.3 Å². The van der Waals surface area contributed by atoms with Crippen molar-refractivity contribution in [2.24, 2.45) is 0 Å². The van der Waals surface area contributed by atoms with Crippen LogP contribution >= 0.6 is 0 Å². The normalized spacial score (nSPS) is 10.6. The number of anilines is 1. The molecule has 3 heterocycles. The van der Waals surface area contributed by atoms with Crippen molar-refractivity contribution in [3.05, 3.63) is 66.2 Å². The molecule has 4 rings (SSSR count). The lowest BCUT2D eigenvalue weighted by Crippen LogP contribution is -2.04. The van der Waals surface area contributed by atoms with Gasteiger partial charge >= 0.3 is 0 Å². The highest BCUT2D eigenvalue weighted by Gasteiger charge is 2.19. The number of pyridine rings is 1. The number of nitrogen functional groups attached to an aromatic ring is 1. The van der Waals surface area contributed by atoms with Crippen molar-refractivity contribution in [1.29, 1.82) is 5.26 Å². The van der Waals surface area contributed by atoms with Crippen LogP contribution in [0.5, 0.6) is 5.75 Å². The molecule has 136 valence electrons. The molecule has 0 fully saturated rings. The summed E-state index contributed by atoms with van der Waals surface area (Å²) < 4.78 is 5.31. The fraction of sp³-hybridized carbons (Fsp3) is 0.0476. The smallest absolute Gasteiger partial charge is 0.195 e. The Morgan fingerprint density at radius 3 is 2.39 bits per heavy atom. The Bertz CT molecular complexity index is 1180. The van der Waals surface area contributed by atoms with E-state index in [0.29, 0.717) is 28.4 Å². The maximum Gasteiger partial charge on any atom is 0.195 e. The lowest BCUT2D eigenvalue weighted by Gasteiger charge is -2.15. The molecule has 0 unspecified atom stereocenters. The van der Waals surface area contributed by atoms with Crippen molar-refractivity contribution < 1.29 is 9.52 Å². The largest absolute Gasteiger partial charge is 0.508 e. The monoisotopic (exact) mass is 369 g/mol. The van der Waals surface area contributed by atoms with Gasteiger partial charge in [0.25, 0.3) is 0 Å². The van der Waals surface area contributed by atoms with Crippen LogP contribution in [0.2, 0.25) is 0 Å². The van der Waals surface area contributed by atoms with Crippen molar-refractivity contribution in [1.82, 2.24) is 15.0 Å². The summed E-state index contributed by atoms with van der Waals surface area (Å²) in [5, 5.41) is 19.2. The van der Waals surface area contributed by atoms with Crippen LogP contribution < -0.4 is 5.73 Å². The summed E-state index contributed by atoms with van der Waals surface area (Å²) in [4.78, 5) is 13.1. The van der Waals surface area contributed by atoms with Crippen LogP contribution in [-0.4, -0.2) is 20.1 Å². The molecule has 0 amide bonds. The first-order valence-corrected chi connectivity index (χ1v) is 8.44. The second-order valence-electron chi connectivity index (χ2n) is 6.15. The Morgan fingerprint density at radius 2 is 1.79 bits per heavy atom. The van der Waals surface area contributed by atoms with E-state index >= 15 is 0 Å². The van der Waals surface area contributed by atoms with Gasteiger partial charge in [-0.2, -0.15) is 5.26 Å². The maximum absolute atomic E-state index is 9.63. The van der Waals surface area contributed by atoms with E-state index in [0.717, 1.165) is 11.1 Å². The van der Waals surface area contributed by atoms with E-state index in [-0.39, 0.29) is 17.1 Å². The molecule has 0 aliphatic carbocycles. The minimum atomic E-state index is 0.126. The number of aromatic hydroxyl groups is 1. The molecule has 7 nitrogen and oxygen atoms in total. The number of furan rings is 1. The molecule has 4 aromatic rings. The van der Waals surface area contributed by atoms with Gasteiger partial charge in [0.05, 0.1) is 12.0 Å². The quantitative estimate of drug-likeness (QED) is 0.561. The highest BCUT2D eigenvalue weighted by Crippen LogP contribution is 2.35. The van der Waals surface area contributed by atoms with E-state index in [2.05, 4.69) is 21.0 Å². The van der Waals surface area contributed by atoms with Gasteiger partial charge in [0.15, 0.2) is 11.6 Å². The second-order valence-corrected chi connectivity index (χ2v) is 6.15. The number of rotatable bonds is 3. The zero-order valence-electron chi connectivity index (χ0n) is 14.9. The second kappa shape index (κ2) is 6.85. The van der Waals surface area contributed by atoms with Gasteiger partial charge in [0.2, 0.25) is 0 Å². The molecule has 0 aliphatic heterocycles. The third-order valence-electron chi connectivity index (χ3n) is 4.40. The van der Waals surface area contributed by atoms with E-state index in [4.69, 9.17) is 10.2 Å². The lowest BCUT2D eigenvalue weighted by molar-refractivity contribution is 0.475. The molecule has 7 heteroatoms. The molecule has 0 spiro atoms. The van der Waals surface area contributed by atoms with Gasteiger partial charge in [-0.1, -0.05) is 0 Å². The van der Waals surface area contributed by atoms with Crippen molar-refractivity contribution in [3.8, 4) is 45.8 Å². The first-order valence-electron chi connectivity index (χ1n) is 8.44. The Hall–Kier alpha value is -4.18. The third-order valence-corrected chi connectivity index (χ3v) is 4.40. The van der Waals surface area contributed by atoms with Crippen LogP contribution in [0, 0.1) is 18.3 Å². The van der Waals surface area contributed by atoms with Crippen molar-refractivity contribution >= 4 is 5.82 Å². The summed E-state index contributed by atoms with van der Waals surface area (Å²) in [6.45, 7) is 1.87. The predicted molar refractivity (Wildman–Crippen MR) is 104 cm³/mol. The number of hydrogen-bond acceptors (Lipinski definition) is 7. The van der Waals surface area contributed by atoms with Gasteiger partial charge in [-0.3, -0.25) is 0 Å². The number of hydrogen-bond donors (Lipinski definition) is 2. The summed E-state index contributed by atoms with van der Waals surface area (Å²) in [6.07, 6.45) is 4.82. The zero-order valence-corrected chi connectivity index (χ0v) is 14.9. The molecule has 0 bridgehead atoms. The molecular weight excluding hydrogens is 354 g/mol. The van der Waals surface area contributed by atoms with E-state index in [9.17, 15) is 10.4 Å². The van der Waals surface area contributed by atoms with Crippen LogP contribution in [-0.2, 0) is 0 Å². The summed E-state index contributed by atoms with van der Waals surface area (Å²) in [5.74, 6) is 1.29. The summed E-state index contributed by atoms with van der Waals surface area (Å²) in [7, 11) is 0. The number of benzene rings is 1. The van der Waals surface area contributed by atoms with Gasteiger partial charge in [-0.15, -0.1) is 0 Å².